The molecule has 1 aliphatic carbocycles. The third-order valence-corrected chi connectivity index (χ3v) is 7.91. The number of benzene rings is 1. The fourth-order valence-electron chi connectivity index (χ4n) is 3.80. The monoisotopic (exact) mass is 420 g/mol. The van der Waals surface area contributed by atoms with Gasteiger partial charge in [0.25, 0.3) is 0 Å². The van der Waals surface area contributed by atoms with Crippen molar-refractivity contribution in [1.82, 2.24) is 4.72 Å². The predicted octanol–water partition coefficient (Wildman–Crippen LogP) is 4.67. The highest BCUT2D eigenvalue weighted by Gasteiger charge is 2.36. The van der Waals surface area contributed by atoms with Crippen LogP contribution in [0.3, 0.4) is 0 Å². The summed E-state index contributed by atoms with van der Waals surface area (Å²) in [5.74, 6) is -0.0635. The Kier molecular flexibility index (Phi) is 6.91. The summed E-state index contributed by atoms with van der Waals surface area (Å²) in [6.45, 7) is 2.36. The van der Waals surface area contributed by atoms with E-state index in [0.29, 0.717) is 18.7 Å². The van der Waals surface area contributed by atoms with Gasteiger partial charge in [-0.05, 0) is 55.0 Å². The molecule has 0 bridgehead atoms. The number of nitrogens with one attached hydrogen (secondary N) is 2. The van der Waals surface area contributed by atoms with Crippen molar-refractivity contribution in [2.45, 2.75) is 62.2 Å². The molecule has 1 saturated carbocycles. The SMILES string of the molecule is CCCC(=O)Nc1ccc(S(=O)(=O)NCC2(c3cccs3)CCCCC2)cc1. The number of hydrogen-bond acceptors (Lipinski definition) is 4. The second-order valence-corrected chi connectivity index (χ2v) is 10.2. The van der Waals surface area contributed by atoms with E-state index in [2.05, 4.69) is 21.5 Å². The topological polar surface area (TPSA) is 75.3 Å². The Morgan fingerprint density at radius 2 is 1.82 bits per heavy atom. The van der Waals surface area contributed by atoms with Gasteiger partial charge in [0, 0.05) is 28.9 Å². The van der Waals surface area contributed by atoms with Gasteiger partial charge in [0.2, 0.25) is 15.9 Å². The van der Waals surface area contributed by atoms with Crippen molar-refractivity contribution in [2.24, 2.45) is 0 Å². The molecule has 1 heterocycles. The lowest BCUT2D eigenvalue weighted by Crippen LogP contribution is -2.41. The van der Waals surface area contributed by atoms with Crippen molar-refractivity contribution in [2.75, 3.05) is 11.9 Å². The van der Waals surface area contributed by atoms with Gasteiger partial charge in [0.05, 0.1) is 4.90 Å². The standard InChI is InChI=1S/C21H28N2O3S2/c1-2-7-20(24)23-17-9-11-18(12-10-17)28(25,26)22-16-21(13-4-3-5-14-21)19-8-6-15-27-19/h6,8-12,15,22H,2-5,7,13-14,16H2,1H3,(H,23,24). The molecular formula is C21H28N2O3S2. The molecule has 2 aromatic rings. The van der Waals surface area contributed by atoms with E-state index in [-0.39, 0.29) is 16.2 Å². The average Bonchev–Trinajstić information content (AvgIpc) is 3.23. The van der Waals surface area contributed by atoms with Crippen LogP contribution in [-0.4, -0.2) is 20.9 Å². The number of rotatable bonds is 8. The predicted molar refractivity (Wildman–Crippen MR) is 114 cm³/mol. The van der Waals surface area contributed by atoms with Crippen LogP contribution in [0, 0.1) is 0 Å². The highest BCUT2D eigenvalue weighted by molar-refractivity contribution is 7.89. The summed E-state index contributed by atoms with van der Waals surface area (Å²) in [6.07, 6.45) is 6.72. The van der Waals surface area contributed by atoms with Gasteiger partial charge in [0.15, 0.2) is 0 Å². The van der Waals surface area contributed by atoms with Crippen molar-refractivity contribution in [1.29, 1.82) is 0 Å². The molecule has 0 saturated heterocycles. The molecule has 0 aliphatic heterocycles. The van der Waals surface area contributed by atoms with E-state index >= 15 is 0 Å². The summed E-state index contributed by atoms with van der Waals surface area (Å²) in [5, 5.41) is 4.84. The number of sulfonamides is 1. The van der Waals surface area contributed by atoms with Crippen LogP contribution in [0.5, 0.6) is 0 Å². The zero-order valence-corrected chi connectivity index (χ0v) is 17.9. The Morgan fingerprint density at radius 3 is 2.43 bits per heavy atom. The molecule has 0 spiro atoms. The first-order chi connectivity index (χ1) is 13.5. The Hall–Kier alpha value is -1.70. The molecular weight excluding hydrogens is 392 g/mol. The van der Waals surface area contributed by atoms with Crippen LogP contribution >= 0.6 is 11.3 Å². The highest BCUT2D eigenvalue weighted by atomic mass is 32.2. The first-order valence-electron chi connectivity index (χ1n) is 9.89. The summed E-state index contributed by atoms with van der Waals surface area (Å²) < 4.78 is 28.5. The summed E-state index contributed by atoms with van der Waals surface area (Å²) in [5.41, 5.74) is 0.507. The maximum Gasteiger partial charge on any atom is 0.240 e. The summed E-state index contributed by atoms with van der Waals surface area (Å²) in [7, 11) is -3.60. The van der Waals surface area contributed by atoms with E-state index in [1.807, 2.05) is 13.0 Å². The van der Waals surface area contributed by atoms with Gasteiger partial charge < -0.3 is 5.32 Å². The van der Waals surface area contributed by atoms with Crippen molar-refractivity contribution in [3.63, 3.8) is 0 Å². The van der Waals surface area contributed by atoms with Gasteiger partial charge in [-0.15, -0.1) is 11.3 Å². The molecule has 2 N–H and O–H groups in total. The molecule has 0 atom stereocenters. The van der Waals surface area contributed by atoms with E-state index in [9.17, 15) is 13.2 Å². The van der Waals surface area contributed by atoms with Gasteiger partial charge in [-0.25, -0.2) is 13.1 Å². The van der Waals surface area contributed by atoms with E-state index in [1.165, 1.54) is 11.3 Å². The Morgan fingerprint density at radius 1 is 1.11 bits per heavy atom. The number of thiophene rings is 1. The van der Waals surface area contributed by atoms with Crippen LogP contribution in [0.15, 0.2) is 46.7 Å². The largest absolute Gasteiger partial charge is 0.326 e. The Balaban J connectivity index is 1.70. The molecule has 1 aromatic heterocycles. The molecule has 1 aliphatic rings. The number of amides is 1. The zero-order valence-electron chi connectivity index (χ0n) is 16.2. The van der Waals surface area contributed by atoms with Crippen LogP contribution in [0.1, 0.15) is 56.7 Å². The minimum Gasteiger partial charge on any atom is -0.326 e. The molecule has 1 aromatic carbocycles. The van der Waals surface area contributed by atoms with Crippen LogP contribution in [0.4, 0.5) is 5.69 Å². The van der Waals surface area contributed by atoms with Crippen molar-refractivity contribution in [3.8, 4) is 0 Å². The van der Waals surface area contributed by atoms with E-state index < -0.39 is 10.0 Å². The third kappa shape index (κ3) is 5.01. The summed E-state index contributed by atoms with van der Waals surface area (Å²) in [4.78, 5) is 13.2. The minimum atomic E-state index is -3.60. The number of anilines is 1. The third-order valence-electron chi connectivity index (χ3n) is 5.38. The second kappa shape index (κ2) is 9.20. The maximum atomic E-state index is 12.8. The number of carbonyl (C=O) groups excluding carboxylic acids is 1. The highest BCUT2D eigenvalue weighted by Crippen LogP contribution is 2.41. The normalized spacial score (nSPS) is 16.6. The van der Waals surface area contributed by atoms with E-state index in [4.69, 9.17) is 0 Å². The second-order valence-electron chi connectivity index (χ2n) is 7.47. The van der Waals surface area contributed by atoms with Gasteiger partial charge in [-0.1, -0.05) is 32.3 Å². The summed E-state index contributed by atoms with van der Waals surface area (Å²) >= 11 is 1.71. The fourth-order valence-corrected chi connectivity index (χ4v) is 5.92. The molecule has 0 unspecified atom stereocenters. The van der Waals surface area contributed by atoms with Crippen molar-refractivity contribution in [3.05, 3.63) is 46.7 Å². The van der Waals surface area contributed by atoms with Gasteiger partial charge in [-0.3, -0.25) is 4.79 Å². The van der Waals surface area contributed by atoms with Crippen molar-refractivity contribution >= 4 is 33.0 Å². The molecule has 0 radical (unpaired) electrons. The van der Waals surface area contributed by atoms with Crippen LogP contribution in [-0.2, 0) is 20.2 Å². The first-order valence-corrected chi connectivity index (χ1v) is 12.2. The lowest BCUT2D eigenvalue weighted by molar-refractivity contribution is -0.116. The number of carbonyl (C=O) groups is 1. The summed E-state index contributed by atoms with van der Waals surface area (Å²) in [6, 6.07) is 10.5. The lowest BCUT2D eigenvalue weighted by atomic mass is 9.73. The van der Waals surface area contributed by atoms with Gasteiger partial charge in [-0.2, -0.15) is 0 Å². The van der Waals surface area contributed by atoms with Crippen LogP contribution in [0.25, 0.3) is 0 Å². The minimum absolute atomic E-state index is 0.0635. The smallest absolute Gasteiger partial charge is 0.240 e. The molecule has 3 rings (SSSR count). The lowest BCUT2D eigenvalue weighted by Gasteiger charge is -2.36. The zero-order chi connectivity index (χ0) is 20.0. The Bertz CT molecular complexity index is 869. The van der Waals surface area contributed by atoms with Crippen molar-refractivity contribution < 1.29 is 13.2 Å². The van der Waals surface area contributed by atoms with E-state index in [0.717, 1.165) is 32.1 Å². The Labute approximate surface area is 171 Å². The molecule has 28 heavy (non-hydrogen) atoms. The van der Waals surface area contributed by atoms with Crippen LogP contribution < -0.4 is 10.0 Å². The van der Waals surface area contributed by atoms with E-state index in [1.54, 1.807) is 35.6 Å². The van der Waals surface area contributed by atoms with Gasteiger partial charge >= 0.3 is 0 Å². The maximum absolute atomic E-state index is 12.8. The molecule has 152 valence electrons. The molecule has 5 nitrogen and oxygen atoms in total. The number of hydrogen-bond donors (Lipinski definition) is 2. The average molecular weight is 421 g/mol. The van der Waals surface area contributed by atoms with Crippen LogP contribution in [0.2, 0.25) is 0 Å². The molecule has 1 fully saturated rings. The molecule has 7 heteroatoms. The fraction of sp³-hybridized carbons (Fsp3) is 0.476. The quantitative estimate of drug-likeness (QED) is 0.652. The van der Waals surface area contributed by atoms with Gasteiger partial charge in [0.1, 0.15) is 0 Å². The molecule has 1 amide bonds. The first kappa shape index (κ1) is 21.0.